The van der Waals surface area contributed by atoms with Crippen molar-refractivity contribution < 1.29 is 28.6 Å². The molecule has 0 heterocycles. The van der Waals surface area contributed by atoms with Gasteiger partial charge in [0, 0.05) is 19.3 Å². The molecule has 0 aromatic heterocycles. The standard InChI is InChI=1S/C71H122O6/c1-4-7-10-13-16-19-22-25-27-29-31-32-33-34-35-36-37-38-40-41-43-46-49-52-55-58-61-64-70(73)76-67-68(66-75-69(72)63-60-57-54-51-48-45-24-21-18-15-12-9-6-3)77-71(74)65-62-59-56-53-50-47-44-42-39-30-28-26-23-20-17-14-11-8-5-2/h8,11,17,20,22,25-26,28-29,31,39,42,47,50,56,59,68H,4-7,9-10,12-16,18-19,21,23-24,27,30,32-38,40-41,43-46,48-49,51-55,57-58,60-67H2,1-3H3/b11-8-,20-17-,25-22-,28-26-,31-29-,42-39-,50-47-,59-56-. The Bertz CT molecular complexity index is 1510. The van der Waals surface area contributed by atoms with E-state index in [2.05, 4.69) is 112 Å². The Morgan fingerprint density at radius 1 is 0.273 bits per heavy atom. The van der Waals surface area contributed by atoms with E-state index in [1.807, 2.05) is 6.08 Å². The Labute approximate surface area is 477 Å². The molecule has 0 aromatic carbocycles. The first kappa shape index (κ1) is 73.3. The predicted molar refractivity (Wildman–Crippen MR) is 334 cm³/mol. The molecule has 442 valence electrons. The summed E-state index contributed by atoms with van der Waals surface area (Å²) < 4.78 is 16.9. The van der Waals surface area contributed by atoms with Crippen LogP contribution in [0.15, 0.2) is 97.2 Å². The minimum absolute atomic E-state index is 0.105. The van der Waals surface area contributed by atoms with Gasteiger partial charge in [-0.2, -0.15) is 0 Å². The van der Waals surface area contributed by atoms with Crippen molar-refractivity contribution in [2.45, 2.75) is 322 Å². The molecule has 0 N–H and O–H groups in total. The first-order valence-electron chi connectivity index (χ1n) is 32.7. The van der Waals surface area contributed by atoms with Crippen molar-refractivity contribution in [2.75, 3.05) is 13.2 Å². The Morgan fingerprint density at radius 2 is 0.532 bits per heavy atom. The van der Waals surface area contributed by atoms with Gasteiger partial charge in [0.15, 0.2) is 6.10 Å². The third-order valence-corrected chi connectivity index (χ3v) is 14.1. The van der Waals surface area contributed by atoms with E-state index in [0.717, 1.165) is 83.5 Å². The van der Waals surface area contributed by atoms with Crippen LogP contribution < -0.4 is 0 Å². The van der Waals surface area contributed by atoms with E-state index in [-0.39, 0.29) is 37.5 Å². The Morgan fingerprint density at radius 3 is 0.844 bits per heavy atom. The van der Waals surface area contributed by atoms with Gasteiger partial charge in [-0.25, -0.2) is 0 Å². The summed E-state index contributed by atoms with van der Waals surface area (Å²) in [6.45, 7) is 6.48. The second-order valence-corrected chi connectivity index (χ2v) is 21.6. The van der Waals surface area contributed by atoms with Crippen LogP contribution in [-0.2, 0) is 28.6 Å². The Hall–Kier alpha value is -3.67. The lowest BCUT2D eigenvalue weighted by Gasteiger charge is -2.18. The van der Waals surface area contributed by atoms with Crippen molar-refractivity contribution in [1.82, 2.24) is 0 Å². The number of allylic oxidation sites excluding steroid dienone is 16. The lowest BCUT2D eigenvalue weighted by Crippen LogP contribution is -2.30. The number of rotatable bonds is 59. The van der Waals surface area contributed by atoms with Crippen LogP contribution in [0.25, 0.3) is 0 Å². The predicted octanol–water partition coefficient (Wildman–Crippen LogP) is 22.4. The molecular formula is C71H122O6. The van der Waals surface area contributed by atoms with Gasteiger partial charge >= 0.3 is 17.9 Å². The smallest absolute Gasteiger partial charge is 0.306 e. The number of carbonyl (C=O) groups is 3. The molecule has 0 rings (SSSR count). The van der Waals surface area contributed by atoms with Gasteiger partial charge in [-0.3, -0.25) is 14.4 Å². The van der Waals surface area contributed by atoms with Crippen LogP contribution in [0, 0.1) is 0 Å². The van der Waals surface area contributed by atoms with E-state index in [1.54, 1.807) is 0 Å². The molecule has 0 fully saturated rings. The van der Waals surface area contributed by atoms with Crippen LogP contribution in [-0.4, -0.2) is 37.2 Å². The molecule has 0 aliphatic rings. The van der Waals surface area contributed by atoms with Crippen molar-refractivity contribution in [3.05, 3.63) is 97.2 Å². The zero-order chi connectivity index (χ0) is 55.7. The van der Waals surface area contributed by atoms with Crippen LogP contribution in [0.2, 0.25) is 0 Å². The highest BCUT2D eigenvalue weighted by Crippen LogP contribution is 2.17. The maximum atomic E-state index is 12.9. The largest absolute Gasteiger partial charge is 0.462 e. The Balaban J connectivity index is 4.34. The summed E-state index contributed by atoms with van der Waals surface area (Å²) in [6.07, 6.45) is 87.2. The number of unbranched alkanes of at least 4 members (excludes halogenated alkanes) is 32. The number of hydrogen-bond acceptors (Lipinski definition) is 6. The minimum Gasteiger partial charge on any atom is -0.462 e. The third-order valence-electron chi connectivity index (χ3n) is 14.1. The van der Waals surface area contributed by atoms with Gasteiger partial charge in [-0.15, -0.1) is 0 Å². The maximum Gasteiger partial charge on any atom is 0.306 e. The van der Waals surface area contributed by atoms with Crippen LogP contribution in [0.3, 0.4) is 0 Å². The number of esters is 3. The van der Waals surface area contributed by atoms with Crippen LogP contribution in [0.1, 0.15) is 316 Å². The molecule has 0 saturated heterocycles. The van der Waals surface area contributed by atoms with Crippen molar-refractivity contribution in [2.24, 2.45) is 0 Å². The second kappa shape index (κ2) is 64.9. The first-order valence-corrected chi connectivity index (χ1v) is 32.7. The molecule has 0 aliphatic heterocycles. The van der Waals surface area contributed by atoms with E-state index in [1.165, 1.54) is 186 Å². The molecule has 6 nitrogen and oxygen atoms in total. The third kappa shape index (κ3) is 63.0. The highest BCUT2D eigenvalue weighted by Gasteiger charge is 2.19. The van der Waals surface area contributed by atoms with Gasteiger partial charge in [0.25, 0.3) is 0 Å². The van der Waals surface area contributed by atoms with Gasteiger partial charge in [0.1, 0.15) is 13.2 Å². The molecule has 0 bridgehead atoms. The topological polar surface area (TPSA) is 78.9 Å². The van der Waals surface area contributed by atoms with E-state index < -0.39 is 6.10 Å². The number of hydrogen-bond donors (Lipinski definition) is 0. The molecule has 0 saturated carbocycles. The summed E-state index contributed by atoms with van der Waals surface area (Å²) in [6, 6.07) is 0. The lowest BCUT2D eigenvalue weighted by atomic mass is 10.0. The maximum absolute atomic E-state index is 12.9. The monoisotopic (exact) mass is 1070 g/mol. The van der Waals surface area contributed by atoms with Crippen molar-refractivity contribution >= 4 is 17.9 Å². The van der Waals surface area contributed by atoms with Crippen molar-refractivity contribution in [1.29, 1.82) is 0 Å². The molecule has 77 heavy (non-hydrogen) atoms. The van der Waals surface area contributed by atoms with Gasteiger partial charge in [0.2, 0.25) is 0 Å². The normalized spacial score (nSPS) is 12.7. The number of carbonyl (C=O) groups excluding carboxylic acids is 3. The fourth-order valence-corrected chi connectivity index (χ4v) is 9.21. The zero-order valence-corrected chi connectivity index (χ0v) is 50.7. The van der Waals surface area contributed by atoms with E-state index in [4.69, 9.17) is 14.2 Å². The summed E-state index contributed by atoms with van der Waals surface area (Å²) in [5.74, 6) is -0.978. The molecule has 1 unspecified atom stereocenters. The fourth-order valence-electron chi connectivity index (χ4n) is 9.21. The molecule has 0 aromatic rings. The average Bonchev–Trinajstić information content (AvgIpc) is 3.43. The average molecular weight is 1070 g/mol. The molecular weight excluding hydrogens is 949 g/mol. The summed E-state index contributed by atoms with van der Waals surface area (Å²) in [5.41, 5.74) is 0. The molecule has 1 atom stereocenters. The van der Waals surface area contributed by atoms with E-state index in [0.29, 0.717) is 19.3 Å². The van der Waals surface area contributed by atoms with Crippen molar-refractivity contribution in [3.8, 4) is 0 Å². The van der Waals surface area contributed by atoms with E-state index in [9.17, 15) is 14.4 Å². The summed E-state index contributed by atoms with van der Waals surface area (Å²) in [7, 11) is 0. The first-order chi connectivity index (χ1) is 38.0. The van der Waals surface area contributed by atoms with Crippen LogP contribution in [0.5, 0.6) is 0 Å². The summed E-state index contributed by atoms with van der Waals surface area (Å²) in [4.78, 5) is 38.3. The minimum atomic E-state index is -0.817. The fraction of sp³-hybridized carbons (Fsp3) is 0.732. The lowest BCUT2D eigenvalue weighted by molar-refractivity contribution is -0.166. The highest BCUT2D eigenvalue weighted by molar-refractivity contribution is 5.71. The molecule has 0 spiro atoms. The zero-order valence-electron chi connectivity index (χ0n) is 50.7. The molecule has 0 aliphatic carbocycles. The van der Waals surface area contributed by atoms with Crippen LogP contribution >= 0.6 is 0 Å². The molecule has 0 amide bonds. The van der Waals surface area contributed by atoms with Gasteiger partial charge in [-0.1, -0.05) is 304 Å². The molecule has 0 radical (unpaired) electrons. The quantitative estimate of drug-likeness (QED) is 0.0261. The van der Waals surface area contributed by atoms with Gasteiger partial charge < -0.3 is 14.2 Å². The van der Waals surface area contributed by atoms with Crippen molar-refractivity contribution in [3.63, 3.8) is 0 Å². The SMILES string of the molecule is CC/C=C\C/C=C\C/C=C\C/C=C\C/C=C\C/C=C\CCC(=O)OC(COC(=O)CCCCCCCCCCCCCCC)COC(=O)CCCCCCCCCCCCCCCCC/C=C\C/C=C\CCCCCCC. The summed E-state index contributed by atoms with van der Waals surface area (Å²) >= 11 is 0. The number of ether oxygens (including phenoxy) is 3. The highest BCUT2D eigenvalue weighted by atomic mass is 16.6. The Kier molecular flexibility index (Phi) is 61.8. The van der Waals surface area contributed by atoms with Crippen LogP contribution in [0.4, 0.5) is 0 Å². The van der Waals surface area contributed by atoms with Gasteiger partial charge in [0.05, 0.1) is 0 Å². The summed E-state index contributed by atoms with van der Waals surface area (Å²) in [5, 5.41) is 0. The van der Waals surface area contributed by atoms with E-state index >= 15 is 0 Å². The van der Waals surface area contributed by atoms with Gasteiger partial charge in [-0.05, 0) is 89.9 Å². The molecule has 6 heteroatoms. The second-order valence-electron chi connectivity index (χ2n) is 21.6.